The number of likely N-dealkylation sites (tertiary alicyclic amines) is 1. The number of piperidine rings is 1. The molecule has 1 fully saturated rings. The van der Waals surface area contributed by atoms with Crippen molar-refractivity contribution in [3.8, 4) is 0 Å². The van der Waals surface area contributed by atoms with Gasteiger partial charge in [-0.1, -0.05) is 77.3 Å². The predicted molar refractivity (Wildman–Crippen MR) is 144 cm³/mol. The molecule has 3 aromatic carbocycles. The number of anilines is 1. The van der Waals surface area contributed by atoms with E-state index in [1.54, 1.807) is 6.07 Å². The number of hydrogen-bond donors (Lipinski definition) is 2. The monoisotopic (exact) mass is 510 g/mol. The van der Waals surface area contributed by atoms with Gasteiger partial charge in [0.15, 0.2) is 0 Å². The molecule has 0 saturated carbocycles. The first-order valence-corrected chi connectivity index (χ1v) is 12.9. The first-order valence-electron chi connectivity index (χ1n) is 12.1. The van der Waals surface area contributed by atoms with E-state index in [4.69, 9.17) is 23.2 Å². The molecule has 3 aromatic rings. The molecule has 0 bridgehead atoms. The van der Waals surface area contributed by atoms with Gasteiger partial charge >= 0.3 is 0 Å². The van der Waals surface area contributed by atoms with Crippen LogP contribution in [0.15, 0.2) is 72.8 Å². The van der Waals surface area contributed by atoms with E-state index in [9.17, 15) is 9.90 Å². The number of nitrogens with one attached hydrogen (secondary N) is 1. The van der Waals surface area contributed by atoms with Gasteiger partial charge in [-0.3, -0.25) is 4.79 Å². The number of aryl methyl sites for hydroxylation is 1. The maximum Gasteiger partial charge on any atom is 0.224 e. The fraction of sp³-hybridized carbons (Fsp3) is 0.345. The molecule has 1 aliphatic heterocycles. The molecule has 1 saturated heterocycles. The van der Waals surface area contributed by atoms with Crippen LogP contribution in [0.2, 0.25) is 10.0 Å². The van der Waals surface area contributed by atoms with Crippen LogP contribution < -0.4 is 5.32 Å². The quantitative estimate of drug-likeness (QED) is 0.350. The highest BCUT2D eigenvalue weighted by Gasteiger charge is 2.34. The molecule has 2 N–H and O–H groups in total. The van der Waals surface area contributed by atoms with Crippen molar-refractivity contribution in [2.24, 2.45) is 0 Å². The normalized spacial score (nSPS) is 16.6. The molecule has 1 amide bonds. The van der Waals surface area contributed by atoms with E-state index in [1.807, 2.05) is 73.7 Å². The number of rotatable bonds is 8. The minimum Gasteiger partial charge on any atom is -0.385 e. The van der Waals surface area contributed by atoms with Crippen LogP contribution in [-0.4, -0.2) is 35.5 Å². The molecule has 0 radical (unpaired) electrons. The second kappa shape index (κ2) is 11.6. The second-order valence-electron chi connectivity index (χ2n) is 9.52. The van der Waals surface area contributed by atoms with E-state index in [1.165, 1.54) is 0 Å². The van der Waals surface area contributed by atoms with Crippen molar-refractivity contribution in [2.75, 3.05) is 25.0 Å². The van der Waals surface area contributed by atoms with Gasteiger partial charge in [0.1, 0.15) is 0 Å². The molecule has 184 valence electrons. The largest absolute Gasteiger partial charge is 0.385 e. The van der Waals surface area contributed by atoms with Crippen molar-refractivity contribution in [2.45, 2.75) is 44.1 Å². The zero-order chi connectivity index (χ0) is 24.8. The van der Waals surface area contributed by atoms with E-state index < -0.39 is 5.60 Å². The van der Waals surface area contributed by atoms with Crippen LogP contribution in [0.25, 0.3) is 0 Å². The number of carbonyl (C=O) groups excluding carboxylic acids is 1. The minimum absolute atomic E-state index is 0.00477. The smallest absolute Gasteiger partial charge is 0.224 e. The molecule has 4 nitrogen and oxygen atoms in total. The highest BCUT2D eigenvalue weighted by molar-refractivity contribution is 6.42. The molecule has 0 spiro atoms. The number of aliphatic hydroxyl groups is 1. The lowest BCUT2D eigenvalue weighted by molar-refractivity contribution is -0.116. The van der Waals surface area contributed by atoms with Crippen LogP contribution in [0, 0.1) is 6.92 Å². The van der Waals surface area contributed by atoms with Crippen LogP contribution in [0.5, 0.6) is 0 Å². The summed E-state index contributed by atoms with van der Waals surface area (Å²) in [4.78, 5) is 15.3. The van der Waals surface area contributed by atoms with Gasteiger partial charge in [0.25, 0.3) is 0 Å². The van der Waals surface area contributed by atoms with Gasteiger partial charge in [-0.2, -0.15) is 0 Å². The van der Waals surface area contributed by atoms with E-state index in [0.717, 1.165) is 48.4 Å². The summed E-state index contributed by atoms with van der Waals surface area (Å²) in [5.74, 6) is -0.0211. The number of halogens is 2. The number of benzene rings is 3. The van der Waals surface area contributed by atoms with Crippen molar-refractivity contribution in [3.05, 3.63) is 99.5 Å². The second-order valence-corrected chi connectivity index (χ2v) is 10.3. The lowest BCUT2D eigenvalue weighted by Gasteiger charge is -2.39. The predicted octanol–water partition coefficient (Wildman–Crippen LogP) is 6.79. The van der Waals surface area contributed by atoms with Crippen molar-refractivity contribution < 1.29 is 9.90 Å². The summed E-state index contributed by atoms with van der Waals surface area (Å²) in [6.45, 7) is 4.49. The molecule has 1 atom stereocenters. The summed E-state index contributed by atoms with van der Waals surface area (Å²) in [6, 6.07) is 23.4. The zero-order valence-electron chi connectivity index (χ0n) is 20.0. The van der Waals surface area contributed by atoms with Crippen molar-refractivity contribution in [1.82, 2.24) is 4.90 Å². The third-order valence-electron chi connectivity index (χ3n) is 6.97. The van der Waals surface area contributed by atoms with E-state index in [0.29, 0.717) is 29.3 Å². The van der Waals surface area contributed by atoms with Gasteiger partial charge < -0.3 is 15.3 Å². The molecule has 1 aliphatic rings. The molecular weight excluding hydrogens is 479 g/mol. The highest BCUT2D eigenvalue weighted by Crippen LogP contribution is 2.34. The SMILES string of the molecule is Cc1ccc(NC(=O)CC(CCN2CCC(O)(c3ccccc3)CC2)c2ccc(Cl)c(Cl)c2)cc1. The summed E-state index contributed by atoms with van der Waals surface area (Å²) in [5.41, 5.74) is 3.17. The molecule has 1 unspecified atom stereocenters. The first kappa shape index (κ1) is 25.7. The van der Waals surface area contributed by atoms with Crippen molar-refractivity contribution in [1.29, 1.82) is 0 Å². The van der Waals surface area contributed by atoms with Crippen LogP contribution in [0.4, 0.5) is 5.69 Å². The third-order valence-corrected chi connectivity index (χ3v) is 7.71. The fourth-order valence-corrected chi connectivity index (χ4v) is 5.05. The van der Waals surface area contributed by atoms with Crippen LogP contribution in [0.1, 0.15) is 48.3 Å². The summed E-state index contributed by atoms with van der Waals surface area (Å²) in [5, 5.41) is 15.2. The van der Waals surface area contributed by atoms with Crippen molar-refractivity contribution >= 4 is 34.8 Å². The Hall–Kier alpha value is -2.37. The Labute approximate surface area is 217 Å². The van der Waals surface area contributed by atoms with Crippen LogP contribution in [0.3, 0.4) is 0 Å². The average Bonchev–Trinajstić information content (AvgIpc) is 2.86. The Morgan fingerprint density at radius 2 is 1.69 bits per heavy atom. The Morgan fingerprint density at radius 3 is 2.34 bits per heavy atom. The summed E-state index contributed by atoms with van der Waals surface area (Å²) in [6.07, 6.45) is 2.56. The van der Waals surface area contributed by atoms with Gasteiger partial charge in [-0.05, 0) is 74.0 Å². The molecule has 0 aromatic heterocycles. The Morgan fingerprint density at radius 1 is 1.00 bits per heavy atom. The van der Waals surface area contributed by atoms with Gasteiger partial charge in [0, 0.05) is 25.2 Å². The zero-order valence-corrected chi connectivity index (χ0v) is 21.5. The Bertz CT molecular complexity index is 1130. The number of hydrogen-bond acceptors (Lipinski definition) is 3. The van der Waals surface area contributed by atoms with Gasteiger partial charge in [-0.25, -0.2) is 0 Å². The summed E-state index contributed by atoms with van der Waals surface area (Å²) < 4.78 is 0. The fourth-order valence-electron chi connectivity index (χ4n) is 4.75. The van der Waals surface area contributed by atoms with E-state index >= 15 is 0 Å². The van der Waals surface area contributed by atoms with E-state index in [-0.39, 0.29) is 11.8 Å². The minimum atomic E-state index is -0.769. The maximum atomic E-state index is 12.9. The number of nitrogens with zero attached hydrogens (tertiary/aromatic N) is 1. The van der Waals surface area contributed by atoms with Gasteiger partial charge in [-0.15, -0.1) is 0 Å². The molecular formula is C29H32Cl2N2O2. The Kier molecular flexibility index (Phi) is 8.51. The number of carbonyl (C=O) groups is 1. The average molecular weight is 511 g/mol. The van der Waals surface area contributed by atoms with E-state index in [2.05, 4.69) is 10.2 Å². The van der Waals surface area contributed by atoms with Crippen LogP contribution in [-0.2, 0) is 10.4 Å². The molecule has 35 heavy (non-hydrogen) atoms. The molecule has 0 aliphatic carbocycles. The first-order chi connectivity index (χ1) is 16.8. The Balaban J connectivity index is 1.39. The third kappa shape index (κ3) is 6.86. The van der Waals surface area contributed by atoms with Crippen molar-refractivity contribution in [3.63, 3.8) is 0 Å². The summed E-state index contributed by atoms with van der Waals surface area (Å²) in [7, 11) is 0. The molecule has 4 rings (SSSR count). The summed E-state index contributed by atoms with van der Waals surface area (Å²) >= 11 is 12.5. The number of amides is 1. The lowest BCUT2D eigenvalue weighted by atomic mass is 9.84. The standard InChI is InChI=1S/C29H32Cl2N2O2/c1-21-7-10-25(11-8-21)32-28(34)20-23(22-9-12-26(30)27(31)19-22)13-16-33-17-14-29(35,15-18-33)24-5-3-2-4-6-24/h2-12,19,23,35H,13-18,20H2,1H3,(H,32,34). The lowest BCUT2D eigenvalue weighted by Crippen LogP contribution is -2.43. The topological polar surface area (TPSA) is 52.6 Å². The molecule has 1 heterocycles. The molecule has 6 heteroatoms. The van der Waals surface area contributed by atoms with Crippen LogP contribution >= 0.6 is 23.2 Å². The van der Waals surface area contributed by atoms with Gasteiger partial charge in [0.05, 0.1) is 15.6 Å². The maximum absolute atomic E-state index is 12.9. The highest BCUT2D eigenvalue weighted by atomic mass is 35.5. The van der Waals surface area contributed by atoms with Gasteiger partial charge in [0.2, 0.25) is 5.91 Å².